The first-order chi connectivity index (χ1) is 13.3. The van der Waals surface area contributed by atoms with Crippen LogP contribution in [-0.2, 0) is 13.0 Å². The molecule has 0 amide bonds. The highest BCUT2D eigenvalue weighted by atomic mass is 35.5. The third-order valence-electron chi connectivity index (χ3n) is 4.91. The second-order valence-corrected chi connectivity index (χ2v) is 7.08. The van der Waals surface area contributed by atoms with Crippen LogP contribution in [0.2, 0.25) is 5.02 Å². The van der Waals surface area contributed by atoms with Gasteiger partial charge in [-0.2, -0.15) is 0 Å². The second-order valence-electron chi connectivity index (χ2n) is 6.64. The number of nitrogens with zero attached hydrogens (tertiary/aromatic N) is 2. The van der Waals surface area contributed by atoms with Crippen molar-refractivity contribution in [3.63, 3.8) is 0 Å². The number of furan rings is 1. The van der Waals surface area contributed by atoms with Crippen LogP contribution in [0.4, 0.5) is 0 Å². The highest BCUT2D eigenvalue weighted by molar-refractivity contribution is 6.31. The van der Waals surface area contributed by atoms with Crippen molar-refractivity contribution in [2.24, 2.45) is 0 Å². The molecule has 27 heavy (non-hydrogen) atoms. The zero-order valence-electron chi connectivity index (χ0n) is 14.6. The van der Waals surface area contributed by atoms with Gasteiger partial charge in [0.15, 0.2) is 0 Å². The van der Waals surface area contributed by atoms with Gasteiger partial charge in [-0.05, 0) is 46.7 Å². The Morgan fingerprint density at radius 2 is 1.81 bits per heavy atom. The number of fused-ring (bicyclic) bond motifs is 2. The number of halogens is 1. The minimum atomic E-state index is 0.644. The fraction of sp³-hybridized carbons (Fsp3) is 0.0870. The van der Waals surface area contributed by atoms with Crippen molar-refractivity contribution in [3.05, 3.63) is 101 Å². The van der Waals surface area contributed by atoms with Gasteiger partial charge in [-0.1, -0.05) is 54.1 Å². The Hall–Kier alpha value is -3.04. The largest absolute Gasteiger partial charge is 0.467 e. The van der Waals surface area contributed by atoms with Crippen molar-refractivity contribution in [1.82, 2.24) is 9.55 Å². The van der Waals surface area contributed by atoms with E-state index < -0.39 is 0 Å². The third kappa shape index (κ3) is 3.00. The van der Waals surface area contributed by atoms with Crippen LogP contribution in [0, 0.1) is 0 Å². The van der Waals surface area contributed by atoms with Crippen LogP contribution in [0.3, 0.4) is 0 Å². The van der Waals surface area contributed by atoms with Gasteiger partial charge in [0.25, 0.3) is 0 Å². The molecule has 0 spiro atoms. The van der Waals surface area contributed by atoms with E-state index in [0.29, 0.717) is 11.6 Å². The van der Waals surface area contributed by atoms with Gasteiger partial charge in [0.05, 0.1) is 23.8 Å². The predicted molar refractivity (Wildman–Crippen MR) is 109 cm³/mol. The molecule has 0 aliphatic heterocycles. The van der Waals surface area contributed by atoms with Crippen molar-refractivity contribution in [1.29, 1.82) is 0 Å². The molecule has 4 heteroatoms. The SMILES string of the molecule is Clc1ccc2c(c1)nc(Cc1cccc3ccccc13)n2Cc1ccco1. The van der Waals surface area contributed by atoms with Crippen LogP contribution in [-0.4, -0.2) is 9.55 Å². The average Bonchev–Trinajstić information content (AvgIpc) is 3.31. The lowest BCUT2D eigenvalue weighted by Gasteiger charge is -2.10. The molecule has 2 heterocycles. The van der Waals surface area contributed by atoms with Crippen molar-refractivity contribution in [3.8, 4) is 0 Å². The number of hydrogen-bond donors (Lipinski definition) is 0. The summed E-state index contributed by atoms with van der Waals surface area (Å²) in [5, 5.41) is 3.20. The maximum absolute atomic E-state index is 6.19. The minimum Gasteiger partial charge on any atom is -0.467 e. The zero-order chi connectivity index (χ0) is 18.2. The Balaban J connectivity index is 1.65. The van der Waals surface area contributed by atoms with Crippen LogP contribution >= 0.6 is 11.6 Å². The minimum absolute atomic E-state index is 0.644. The summed E-state index contributed by atoms with van der Waals surface area (Å²) in [5.74, 6) is 1.91. The van der Waals surface area contributed by atoms with E-state index >= 15 is 0 Å². The van der Waals surface area contributed by atoms with Crippen molar-refractivity contribution in [2.75, 3.05) is 0 Å². The van der Waals surface area contributed by atoms with E-state index in [1.807, 2.05) is 30.3 Å². The normalized spacial score (nSPS) is 11.4. The highest BCUT2D eigenvalue weighted by Crippen LogP contribution is 2.26. The van der Waals surface area contributed by atoms with Crippen LogP contribution in [0.25, 0.3) is 21.8 Å². The summed E-state index contributed by atoms with van der Waals surface area (Å²) in [6.45, 7) is 0.644. The number of benzene rings is 3. The van der Waals surface area contributed by atoms with E-state index in [4.69, 9.17) is 21.0 Å². The highest BCUT2D eigenvalue weighted by Gasteiger charge is 2.14. The molecule has 5 rings (SSSR count). The fourth-order valence-electron chi connectivity index (χ4n) is 3.64. The maximum atomic E-state index is 6.19. The Morgan fingerprint density at radius 3 is 2.70 bits per heavy atom. The molecular formula is C23H17ClN2O. The first-order valence-electron chi connectivity index (χ1n) is 8.91. The van der Waals surface area contributed by atoms with Gasteiger partial charge in [-0.3, -0.25) is 0 Å². The van der Waals surface area contributed by atoms with E-state index in [1.165, 1.54) is 16.3 Å². The maximum Gasteiger partial charge on any atom is 0.123 e. The van der Waals surface area contributed by atoms with Gasteiger partial charge in [0.2, 0.25) is 0 Å². The standard InChI is InChI=1S/C23H17ClN2O/c24-18-10-11-22-21(14-18)25-23(26(22)15-19-8-4-12-27-19)13-17-7-3-6-16-5-1-2-9-20(16)17/h1-12,14H,13,15H2. The first kappa shape index (κ1) is 16.2. The Bertz CT molecular complexity index is 1230. The van der Waals surface area contributed by atoms with Crippen LogP contribution in [0.15, 0.2) is 83.5 Å². The Labute approximate surface area is 161 Å². The lowest BCUT2D eigenvalue weighted by Crippen LogP contribution is -2.05. The summed E-state index contributed by atoms with van der Waals surface area (Å²) in [5.41, 5.74) is 3.23. The van der Waals surface area contributed by atoms with Crippen molar-refractivity contribution >= 4 is 33.4 Å². The van der Waals surface area contributed by atoms with Gasteiger partial charge in [0, 0.05) is 11.4 Å². The molecule has 3 aromatic carbocycles. The fourth-order valence-corrected chi connectivity index (χ4v) is 3.81. The first-order valence-corrected chi connectivity index (χ1v) is 9.29. The van der Waals surface area contributed by atoms with E-state index in [0.717, 1.165) is 29.0 Å². The molecule has 132 valence electrons. The predicted octanol–water partition coefficient (Wildman–Crippen LogP) is 6.08. The van der Waals surface area contributed by atoms with Gasteiger partial charge in [-0.15, -0.1) is 0 Å². The van der Waals surface area contributed by atoms with E-state index in [2.05, 4.69) is 47.0 Å². The van der Waals surface area contributed by atoms with Crippen LogP contribution in [0.5, 0.6) is 0 Å². The van der Waals surface area contributed by atoms with E-state index in [9.17, 15) is 0 Å². The van der Waals surface area contributed by atoms with Gasteiger partial charge in [-0.25, -0.2) is 4.98 Å². The van der Waals surface area contributed by atoms with Crippen LogP contribution in [0.1, 0.15) is 17.1 Å². The molecule has 3 nitrogen and oxygen atoms in total. The molecule has 0 saturated carbocycles. The summed E-state index contributed by atoms with van der Waals surface area (Å²) in [4.78, 5) is 4.89. The molecule has 0 saturated heterocycles. The molecule has 0 atom stereocenters. The summed E-state index contributed by atoms with van der Waals surface area (Å²) in [7, 11) is 0. The average molecular weight is 373 g/mol. The summed E-state index contributed by atoms with van der Waals surface area (Å²) >= 11 is 6.19. The van der Waals surface area contributed by atoms with Crippen molar-refractivity contribution in [2.45, 2.75) is 13.0 Å². The molecule has 2 aromatic heterocycles. The number of aromatic nitrogens is 2. The van der Waals surface area contributed by atoms with E-state index in [-0.39, 0.29) is 0 Å². The van der Waals surface area contributed by atoms with Crippen molar-refractivity contribution < 1.29 is 4.42 Å². The molecule has 0 bridgehead atoms. The van der Waals surface area contributed by atoms with Gasteiger partial charge >= 0.3 is 0 Å². The number of hydrogen-bond acceptors (Lipinski definition) is 2. The van der Waals surface area contributed by atoms with E-state index in [1.54, 1.807) is 6.26 Å². The Morgan fingerprint density at radius 1 is 0.926 bits per heavy atom. The molecule has 0 unspecified atom stereocenters. The second kappa shape index (κ2) is 6.60. The van der Waals surface area contributed by atoms with Gasteiger partial charge < -0.3 is 8.98 Å². The Kier molecular flexibility index (Phi) is 3.95. The molecular weight excluding hydrogens is 356 g/mol. The number of rotatable bonds is 4. The molecule has 5 aromatic rings. The quantitative estimate of drug-likeness (QED) is 0.383. The summed E-state index contributed by atoms with van der Waals surface area (Å²) in [6, 6.07) is 24.6. The smallest absolute Gasteiger partial charge is 0.123 e. The summed E-state index contributed by atoms with van der Waals surface area (Å²) in [6.07, 6.45) is 2.45. The molecule has 0 radical (unpaired) electrons. The lowest BCUT2D eigenvalue weighted by molar-refractivity contribution is 0.493. The summed E-state index contributed by atoms with van der Waals surface area (Å²) < 4.78 is 7.79. The van der Waals surface area contributed by atoms with Gasteiger partial charge in [0.1, 0.15) is 11.6 Å². The van der Waals surface area contributed by atoms with Crippen LogP contribution < -0.4 is 0 Å². The monoisotopic (exact) mass is 372 g/mol. The zero-order valence-corrected chi connectivity index (χ0v) is 15.4. The topological polar surface area (TPSA) is 31.0 Å². The molecule has 0 fully saturated rings. The molecule has 0 aliphatic carbocycles. The lowest BCUT2D eigenvalue weighted by atomic mass is 10.0. The molecule has 0 N–H and O–H groups in total. The third-order valence-corrected chi connectivity index (χ3v) is 5.15. The number of imidazole rings is 1. The molecule has 0 aliphatic rings.